The molecule has 0 radical (unpaired) electrons. The molecule has 1 fully saturated rings. The van der Waals surface area contributed by atoms with E-state index in [0.717, 1.165) is 22.2 Å². The van der Waals surface area contributed by atoms with Crippen LogP contribution in [0.15, 0.2) is 50.8 Å². The highest BCUT2D eigenvalue weighted by Gasteiger charge is 2.30. The lowest BCUT2D eigenvalue weighted by atomic mass is 10.1. The summed E-state index contributed by atoms with van der Waals surface area (Å²) >= 11 is 4.79. The van der Waals surface area contributed by atoms with E-state index in [1.807, 2.05) is 31.2 Å². The molecule has 31 heavy (non-hydrogen) atoms. The molecular weight excluding hydrogens is 480 g/mol. The first-order chi connectivity index (χ1) is 14.7. The number of aliphatic imine (C=N–C) groups is 1. The molecule has 8 heteroatoms. The van der Waals surface area contributed by atoms with Crippen LogP contribution in [0.3, 0.4) is 0 Å². The number of hydrogen-bond donors (Lipinski definition) is 1. The Kier molecular flexibility index (Phi) is 7.23. The van der Waals surface area contributed by atoms with Crippen molar-refractivity contribution < 1.29 is 19.4 Å². The van der Waals surface area contributed by atoms with Gasteiger partial charge in [-0.1, -0.05) is 19.1 Å². The summed E-state index contributed by atoms with van der Waals surface area (Å²) in [6.45, 7) is 5.79. The molecule has 1 atom stereocenters. The van der Waals surface area contributed by atoms with E-state index in [9.17, 15) is 14.7 Å². The maximum absolute atomic E-state index is 12.7. The number of hydrogen-bond acceptors (Lipinski definition) is 5. The van der Waals surface area contributed by atoms with Crippen LogP contribution in [0, 0.1) is 6.92 Å². The number of rotatable bonds is 6. The zero-order valence-electron chi connectivity index (χ0n) is 17.7. The number of likely N-dealkylation sites (N-methyl/N-ethyl adjacent to an activating group) is 1. The Morgan fingerprint density at radius 3 is 2.74 bits per heavy atom. The Hall–Kier alpha value is -2.58. The first kappa shape index (κ1) is 23.1. The zero-order valence-corrected chi connectivity index (χ0v) is 20.1. The highest BCUT2D eigenvalue weighted by molar-refractivity contribution is 9.10. The summed E-state index contributed by atoms with van der Waals surface area (Å²) in [6, 6.07) is 10.6. The van der Waals surface area contributed by atoms with Crippen molar-refractivity contribution in [1.82, 2.24) is 4.90 Å². The number of carboxylic acids is 1. The van der Waals surface area contributed by atoms with Crippen LogP contribution in [0.1, 0.15) is 41.8 Å². The van der Waals surface area contributed by atoms with E-state index >= 15 is 0 Å². The summed E-state index contributed by atoms with van der Waals surface area (Å²) in [5.41, 5.74) is 2.14. The molecule has 6 nitrogen and oxygen atoms in total. The van der Waals surface area contributed by atoms with E-state index in [1.54, 1.807) is 26.1 Å². The van der Waals surface area contributed by atoms with Gasteiger partial charge in [-0.25, -0.2) is 9.79 Å². The predicted octanol–water partition coefficient (Wildman–Crippen LogP) is 5.87. The number of carboxylic acid groups (broad SMARTS) is 1. The largest absolute Gasteiger partial charge is 0.490 e. The minimum Gasteiger partial charge on any atom is -0.490 e. The van der Waals surface area contributed by atoms with E-state index in [-0.39, 0.29) is 17.6 Å². The molecule has 0 aliphatic carbocycles. The number of halogens is 1. The topological polar surface area (TPSA) is 79.2 Å². The maximum atomic E-state index is 12.7. The van der Waals surface area contributed by atoms with Gasteiger partial charge in [-0.15, -0.1) is 0 Å². The minimum absolute atomic E-state index is 0.114. The molecule has 0 spiro atoms. The Morgan fingerprint density at radius 2 is 2.10 bits per heavy atom. The van der Waals surface area contributed by atoms with E-state index in [2.05, 4.69) is 27.8 Å². The van der Waals surface area contributed by atoms with E-state index < -0.39 is 5.97 Å². The van der Waals surface area contributed by atoms with Crippen molar-refractivity contribution in [3.05, 3.63) is 62.5 Å². The zero-order chi connectivity index (χ0) is 22.7. The van der Waals surface area contributed by atoms with E-state index in [4.69, 9.17) is 4.74 Å². The Balaban J connectivity index is 1.87. The first-order valence-corrected chi connectivity index (χ1v) is 11.4. The van der Waals surface area contributed by atoms with Crippen LogP contribution in [0.5, 0.6) is 5.75 Å². The van der Waals surface area contributed by atoms with Crippen LogP contribution in [0.4, 0.5) is 5.69 Å². The third-order valence-corrected chi connectivity index (χ3v) is 6.59. The highest BCUT2D eigenvalue weighted by atomic mass is 79.9. The fraction of sp³-hybridized carbons (Fsp3) is 0.261. The number of benzene rings is 2. The van der Waals surface area contributed by atoms with Gasteiger partial charge in [-0.3, -0.25) is 9.69 Å². The fourth-order valence-electron chi connectivity index (χ4n) is 2.88. The average Bonchev–Trinajstić information content (AvgIpc) is 2.99. The van der Waals surface area contributed by atoms with Gasteiger partial charge in [0, 0.05) is 7.05 Å². The number of aromatic carboxylic acids is 1. The summed E-state index contributed by atoms with van der Waals surface area (Å²) in [6.07, 6.45) is 2.83. The number of nitrogens with zero attached hydrogens (tertiary/aromatic N) is 2. The molecule has 0 unspecified atom stereocenters. The van der Waals surface area contributed by atoms with Gasteiger partial charge in [0.05, 0.1) is 26.7 Å². The summed E-state index contributed by atoms with van der Waals surface area (Å²) < 4.78 is 6.69. The smallest absolute Gasteiger partial charge is 0.336 e. The van der Waals surface area contributed by atoms with Crippen LogP contribution in [0.2, 0.25) is 0 Å². The Bertz CT molecular complexity index is 1100. The van der Waals surface area contributed by atoms with Gasteiger partial charge in [0.1, 0.15) is 5.75 Å². The molecule has 2 aromatic carbocycles. The molecule has 1 amide bonds. The third-order valence-electron chi connectivity index (χ3n) is 4.91. The third kappa shape index (κ3) is 5.19. The molecule has 3 rings (SSSR count). The highest BCUT2D eigenvalue weighted by Crippen LogP contribution is 2.35. The molecule has 1 aliphatic rings. The van der Waals surface area contributed by atoms with Crippen molar-refractivity contribution in [2.75, 3.05) is 7.05 Å². The Morgan fingerprint density at radius 1 is 1.35 bits per heavy atom. The molecule has 2 aromatic rings. The van der Waals surface area contributed by atoms with Gasteiger partial charge in [0.15, 0.2) is 5.17 Å². The van der Waals surface area contributed by atoms with Gasteiger partial charge < -0.3 is 9.84 Å². The summed E-state index contributed by atoms with van der Waals surface area (Å²) in [7, 11) is 1.66. The monoisotopic (exact) mass is 502 g/mol. The molecule has 0 saturated carbocycles. The van der Waals surface area contributed by atoms with Gasteiger partial charge >= 0.3 is 5.97 Å². The van der Waals surface area contributed by atoms with E-state index in [0.29, 0.717) is 21.3 Å². The lowest BCUT2D eigenvalue weighted by molar-refractivity contribution is -0.121. The average molecular weight is 503 g/mol. The van der Waals surface area contributed by atoms with Crippen LogP contribution < -0.4 is 4.74 Å². The minimum atomic E-state index is -1.00. The molecule has 1 aliphatic heterocycles. The standard InChI is InChI=1S/C23H23BrN2O4S/c1-5-13(2)30-19-10-9-15(11-17(19)24)12-20-21(27)26(4)23(31-20)25-18-8-6-7-16(14(18)3)22(28)29/h6-13H,5H2,1-4H3,(H,28,29)/b20-12-,25-23?/t13-/m0/s1. The summed E-state index contributed by atoms with van der Waals surface area (Å²) in [4.78, 5) is 30.7. The number of amides is 1. The molecular formula is C23H23BrN2O4S. The first-order valence-electron chi connectivity index (χ1n) is 9.76. The normalized spacial score (nSPS) is 17.5. The van der Waals surface area contributed by atoms with Crippen molar-refractivity contribution in [3.8, 4) is 5.75 Å². The molecule has 1 saturated heterocycles. The quantitative estimate of drug-likeness (QED) is 0.499. The number of carbonyl (C=O) groups excluding carboxylic acids is 1. The lowest BCUT2D eigenvalue weighted by Gasteiger charge is -2.14. The summed E-state index contributed by atoms with van der Waals surface area (Å²) in [5.74, 6) is -0.406. The second-order valence-electron chi connectivity index (χ2n) is 7.15. The SMILES string of the molecule is CC[C@H](C)Oc1ccc(/C=C2\SC(=Nc3cccc(C(=O)O)c3C)N(C)C2=O)cc1Br. The lowest BCUT2D eigenvalue weighted by Crippen LogP contribution is -2.23. The van der Waals surface area contributed by atoms with Crippen molar-refractivity contribution in [3.63, 3.8) is 0 Å². The number of amidine groups is 1. The van der Waals surface area contributed by atoms with Crippen molar-refractivity contribution in [1.29, 1.82) is 0 Å². The number of ether oxygens (including phenoxy) is 1. The maximum Gasteiger partial charge on any atom is 0.336 e. The number of thioether (sulfide) groups is 1. The molecule has 1 heterocycles. The van der Waals surface area contributed by atoms with Crippen LogP contribution in [-0.2, 0) is 4.79 Å². The van der Waals surface area contributed by atoms with Gasteiger partial charge in [0.25, 0.3) is 5.91 Å². The van der Waals surface area contributed by atoms with Crippen LogP contribution in [0.25, 0.3) is 6.08 Å². The molecule has 0 bridgehead atoms. The summed E-state index contributed by atoms with van der Waals surface area (Å²) in [5, 5.41) is 9.81. The second kappa shape index (κ2) is 9.70. The van der Waals surface area contributed by atoms with Crippen molar-refractivity contribution >= 4 is 56.5 Å². The molecule has 162 valence electrons. The molecule has 0 aromatic heterocycles. The van der Waals surface area contributed by atoms with Crippen molar-refractivity contribution in [2.24, 2.45) is 4.99 Å². The number of carbonyl (C=O) groups is 2. The Labute approximate surface area is 194 Å². The van der Waals surface area contributed by atoms with Gasteiger partial charge in [0.2, 0.25) is 0 Å². The fourth-order valence-corrected chi connectivity index (χ4v) is 4.35. The van der Waals surface area contributed by atoms with Gasteiger partial charge in [-0.2, -0.15) is 0 Å². The van der Waals surface area contributed by atoms with Crippen LogP contribution in [-0.4, -0.2) is 40.2 Å². The predicted molar refractivity (Wildman–Crippen MR) is 128 cm³/mol. The van der Waals surface area contributed by atoms with E-state index in [1.165, 1.54) is 22.7 Å². The molecule has 1 N–H and O–H groups in total. The second-order valence-corrected chi connectivity index (χ2v) is 9.01. The van der Waals surface area contributed by atoms with Gasteiger partial charge in [-0.05, 0) is 89.4 Å². The van der Waals surface area contributed by atoms with Crippen molar-refractivity contribution in [2.45, 2.75) is 33.3 Å². The van der Waals surface area contributed by atoms with Crippen LogP contribution >= 0.6 is 27.7 Å².